The van der Waals surface area contributed by atoms with Crippen molar-refractivity contribution in [3.05, 3.63) is 90.2 Å². The number of hydrogen-bond donors (Lipinski definition) is 1. The van der Waals surface area contributed by atoms with Crippen LogP contribution in [-0.2, 0) is 16.0 Å². The molecule has 146 valence electrons. The summed E-state index contributed by atoms with van der Waals surface area (Å²) >= 11 is 0. The zero-order valence-electron chi connectivity index (χ0n) is 15.8. The Labute approximate surface area is 169 Å². The lowest BCUT2D eigenvalue weighted by atomic mass is 10.0. The van der Waals surface area contributed by atoms with E-state index >= 15 is 0 Å². The van der Waals surface area contributed by atoms with Gasteiger partial charge in [0.15, 0.2) is 0 Å². The van der Waals surface area contributed by atoms with E-state index in [4.69, 9.17) is 0 Å². The van der Waals surface area contributed by atoms with Gasteiger partial charge >= 0.3 is 0 Å². The molecule has 5 heteroatoms. The van der Waals surface area contributed by atoms with Gasteiger partial charge in [-0.3, -0.25) is 9.59 Å². The second kappa shape index (κ2) is 8.27. The van der Waals surface area contributed by atoms with Crippen LogP contribution in [0, 0.1) is 5.82 Å². The van der Waals surface area contributed by atoms with E-state index in [2.05, 4.69) is 5.32 Å². The minimum absolute atomic E-state index is 0.117. The standard InChI is InChI=1S/C24H21FN2O2/c25-20-7-4-8-22(14-20)27-16-21(15-24(27)29)26-23(28)13-17-9-11-19(12-10-17)18-5-2-1-3-6-18/h1-12,14,21H,13,15-16H2,(H,26,28)/t21-/m1/s1. The molecule has 0 saturated carbocycles. The van der Waals surface area contributed by atoms with Gasteiger partial charge in [-0.1, -0.05) is 60.7 Å². The van der Waals surface area contributed by atoms with Gasteiger partial charge in [-0.05, 0) is 34.9 Å². The largest absolute Gasteiger partial charge is 0.351 e. The molecule has 1 fully saturated rings. The molecule has 29 heavy (non-hydrogen) atoms. The zero-order valence-corrected chi connectivity index (χ0v) is 15.8. The van der Waals surface area contributed by atoms with Crippen molar-refractivity contribution < 1.29 is 14.0 Å². The van der Waals surface area contributed by atoms with Gasteiger partial charge in [0.1, 0.15) is 5.82 Å². The maximum atomic E-state index is 13.4. The molecule has 1 saturated heterocycles. The number of nitrogens with one attached hydrogen (secondary N) is 1. The molecule has 0 spiro atoms. The van der Waals surface area contributed by atoms with Gasteiger partial charge in [-0.2, -0.15) is 0 Å². The van der Waals surface area contributed by atoms with Crippen LogP contribution in [0.4, 0.5) is 10.1 Å². The molecule has 1 aliphatic rings. The normalized spacial score (nSPS) is 16.1. The summed E-state index contributed by atoms with van der Waals surface area (Å²) in [5.41, 5.74) is 3.66. The van der Waals surface area contributed by atoms with Crippen LogP contribution in [0.5, 0.6) is 0 Å². The number of carbonyl (C=O) groups excluding carboxylic acids is 2. The number of rotatable bonds is 5. The molecule has 1 heterocycles. The van der Waals surface area contributed by atoms with E-state index in [1.165, 1.54) is 17.0 Å². The maximum absolute atomic E-state index is 13.4. The lowest BCUT2D eigenvalue weighted by Gasteiger charge is -2.17. The lowest BCUT2D eigenvalue weighted by Crippen LogP contribution is -2.38. The molecular formula is C24H21FN2O2. The number of carbonyl (C=O) groups is 2. The van der Waals surface area contributed by atoms with Crippen LogP contribution in [0.2, 0.25) is 0 Å². The molecule has 1 aliphatic heterocycles. The number of amides is 2. The van der Waals surface area contributed by atoms with E-state index in [0.29, 0.717) is 12.2 Å². The SMILES string of the molecule is O=C(Cc1ccc(-c2ccccc2)cc1)N[C@@H]1CC(=O)N(c2cccc(F)c2)C1. The fourth-order valence-corrected chi connectivity index (χ4v) is 3.61. The Morgan fingerprint density at radius 3 is 2.41 bits per heavy atom. The third kappa shape index (κ3) is 4.51. The molecule has 0 aliphatic carbocycles. The van der Waals surface area contributed by atoms with Crippen molar-refractivity contribution in [2.45, 2.75) is 18.9 Å². The second-order valence-corrected chi connectivity index (χ2v) is 7.19. The first-order valence-corrected chi connectivity index (χ1v) is 9.58. The third-order valence-electron chi connectivity index (χ3n) is 5.04. The quantitative estimate of drug-likeness (QED) is 0.719. The number of anilines is 1. The Bertz CT molecular complexity index is 1020. The van der Waals surface area contributed by atoms with Crippen molar-refractivity contribution in [1.29, 1.82) is 0 Å². The summed E-state index contributed by atoms with van der Waals surface area (Å²) in [6, 6.07) is 23.6. The van der Waals surface area contributed by atoms with Crippen molar-refractivity contribution in [2.75, 3.05) is 11.4 Å². The van der Waals surface area contributed by atoms with Gasteiger partial charge < -0.3 is 10.2 Å². The molecule has 0 radical (unpaired) electrons. The summed E-state index contributed by atoms with van der Waals surface area (Å²) in [4.78, 5) is 26.2. The summed E-state index contributed by atoms with van der Waals surface area (Å²) in [5.74, 6) is -0.633. The first-order chi connectivity index (χ1) is 14.1. The molecule has 4 rings (SSSR count). The number of benzene rings is 3. The fourth-order valence-electron chi connectivity index (χ4n) is 3.61. The Balaban J connectivity index is 1.35. The van der Waals surface area contributed by atoms with Crippen LogP contribution in [-0.4, -0.2) is 24.4 Å². The lowest BCUT2D eigenvalue weighted by molar-refractivity contribution is -0.121. The summed E-state index contributed by atoms with van der Waals surface area (Å²) in [6.07, 6.45) is 0.467. The molecule has 0 bridgehead atoms. The van der Waals surface area contributed by atoms with Crippen LogP contribution < -0.4 is 10.2 Å². The van der Waals surface area contributed by atoms with Crippen molar-refractivity contribution in [3.8, 4) is 11.1 Å². The van der Waals surface area contributed by atoms with Crippen molar-refractivity contribution in [3.63, 3.8) is 0 Å². The van der Waals surface area contributed by atoms with E-state index in [9.17, 15) is 14.0 Å². The van der Waals surface area contributed by atoms with E-state index in [1.807, 2.05) is 54.6 Å². The van der Waals surface area contributed by atoms with Crippen molar-refractivity contribution in [2.24, 2.45) is 0 Å². The molecule has 2 amide bonds. The Kier molecular flexibility index (Phi) is 5.38. The monoisotopic (exact) mass is 388 g/mol. The highest BCUT2D eigenvalue weighted by Gasteiger charge is 2.31. The maximum Gasteiger partial charge on any atom is 0.229 e. The van der Waals surface area contributed by atoms with E-state index in [-0.39, 0.29) is 36.5 Å². The molecule has 3 aromatic carbocycles. The topological polar surface area (TPSA) is 49.4 Å². The molecule has 1 atom stereocenters. The first-order valence-electron chi connectivity index (χ1n) is 9.58. The fraction of sp³-hybridized carbons (Fsp3) is 0.167. The summed E-state index contributed by atoms with van der Waals surface area (Å²) in [7, 11) is 0. The van der Waals surface area contributed by atoms with Gasteiger partial charge in [0.05, 0.1) is 12.5 Å². The second-order valence-electron chi connectivity index (χ2n) is 7.19. The molecule has 1 N–H and O–H groups in total. The summed E-state index contributed by atoms with van der Waals surface area (Å²) in [6.45, 7) is 0.348. The molecule has 4 nitrogen and oxygen atoms in total. The first kappa shape index (κ1) is 18.9. The number of halogens is 1. The minimum Gasteiger partial charge on any atom is -0.351 e. The number of hydrogen-bond acceptors (Lipinski definition) is 2. The average molecular weight is 388 g/mol. The van der Waals surface area contributed by atoms with Crippen molar-refractivity contribution >= 4 is 17.5 Å². The highest BCUT2D eigenvalue weighted by atomic mass is 19.1. The van der Waals surface area contributed by atoms with E-state index in [0.717, 1.165) is 16.7 Å². The summed E-state index contributed by atoms with van der Waals surface area (Å²) in [5, 5.41) is 2.92. The van der Waals surface area contributed by atoms with Gasteiger partial charge in [0, 0.05) is 18.7 Å². The molecule has 0 aromatic heterocycles. The van der Waals surface area contributed by atoms with Crippen LogP contribution in [0.1, 0.15) is 12.0 Å². The Morgan fingerprint density at radius 2 is 1.69 bits per heavy atom. The zero-order chi connectivity index (χ0) is 20.2. The highest BCUT2D eigenvalue weighted by Crippen LogP contribution is 2.23. The smallest absolute Gasteiger partial charge is 0.229 e. The van der Waals surface area contributed by atoms with E-state index < -0.39 is 0 Å². The van der Waals surface area contributed by atoms with Crippen LogP contribution in [0.25, 0.3) is 11.1 Å². The van der Waals surface area contributed by atoms with Gasteiger partial charge in [-0.15, -0.1) is 0 Å². The summed E-state index contributed by atoms with van der Waals surface area (Å²) < 4.78 is 13.4. The van der Waals surface area contributed by atoms with Crippen molar-refractivity contribution in [1.82, 2.24) is 5.32 Å². The van der Waals surface area contributed by atoms with Gasteiger partial charge in [0.2, 0.25) is 11.8 Å². The molecular weight excluding hydrogens is 367 g/mol. The van der Waals surface area contributed by atoms with Gasteiger partial charge in [-0.25, -0.2) is 4.39 Å². The van der Waals surface area contributed by atoms with E-state index in [1.54, 1.807) is 12.1 Å². The van der Waals surface area contributed by atoms with Crippen LogP contribution in [0.15, 0.2) is 78.9 Å². The third-order valence-corrected chi connectivity index (χ3v) is 5.04. The Morgan fingerprint density at radius 1 is 0.966 bits per heavy atom. The molecule has 0 unspecified atom stereocenters. The average Bonchev–Trinajstić information content (AvgIpc) is 3.09. The number of nitrogens with zero attached hydrogens (tertiary/aromatic N) is 1. The predicted octanol–water partition coefficient (Wildman–Crippen LogP) is 3.96. The predicted molar refractivity (Wildman–Crippen MR) is 111 cm³/mol. The Hall–Kier alpha value is -3.47. The molecule has 3 aromatic rings. The van der Waals surface area contributed by atoms with Crippen LogP contribution >= 0.6 is 0 Å². The van der Waals surface area contributed by atoms with Crippen LogP contribution in [0.3, 0.4) is 0 Å². The highest BCUT2D eigenvalue weighted by molar-refractivity contribution is 5.96. The van der Waals surface area contributed by atoms with Gasteiger partial charge in [0.25, 0.3) is 0 Å². The minimum atomic E-state index is -0.387.